The number of anilines is 1. The van der Waals surface area contributed by atoms with E-state index in [4.69, 9.17) is 28.6 Å². The van der Waals surface area contributed by atoms with Crippen LogP contribution in [-0.2, 0) is 11.3 Å². The van der Waals surface area contributed by atoms with Crippen LogP contribution >= 0.6 is 23.8 Å². The molecule has 5 nitrogen and oxygen atoms in total. The van der Waals surface area contributed by atoms with E-state index in [0.717, 1.165) is 42.4 Å². The van der Waals surface area contributed by atoms with Gasteiger partial charge in [-0.05, 0) is 42.8 Å². The van der Waals surface area contributed by atoms with Crippen molar-refractivity contribution in [2.24, 2.45) is 0 Å². The molecule has 1 aromatic heterocycles. The van der Waals surface area contributed by atoms with Gasteiger partial charge in [-0.1, -0.05) is 23.7 Å². The summed E-state index contributed by atoms with van der Waals surface area (Å²) in [6.45, 7) is 2.27. The fourth-order valence-corrected chi connectivity index (χ4v) is 2.78. The van der Waals surface area contributed by atoms with Crippen LogP contribution in [0.1, 0.15) is 18.4 Å². The predicted molar refractivity (Wildman–Crippen MR) is 96.0 cm³/mol. The molecule has 7 heteroatoms. The van der Waals surface area contributed by atoms with Crippen LogP contribution in [0.3, 0.4) is 0 Å². The zero-order chi connectivity index (χ0) is 16.1. The smallest absolute Gasteiger partial charge is 0.172 e. The molecule has 2 N–H and O–H groups in total. The molecule has 1 fully saturated rings. The summed E-state index contributed by atoms with van der Waals surface area (Å²) in [4.78, 5) is 0. The second-order valence-corrected chi connectivity index (χ2v) is 6.34. The molecule has 23 heavy (non-hydrogen) atoms. The number of halogens is 1. The largest absolute Gasteiger partial charge is 0.376 e. The molecule has 1 aliphatic heterocycles. The van der Waals surface area contributed by atoms with Crippen molar-refractivity contribution in [1.82, 2.24) is 15.1 Å². The van der Waals surface area contributed by atoms with Gasteiger partial charge in [-0.3, -0.25) is 4.68 Å². The van der Waals surface area contributed by atoms with Crippen LogP contribution in [0.15, 0.2) is 36.5 Å². The molecule has 0 unspecified atom stereocenters. The number of thiocarbonyl (C=S) groups is 1. The van der Waals surface area contributed by atoms with E-state index in [1.807, 2.05) is 41.2 Å². The molecule has 0 saturated carbocycles. The molecular formula is C16H19ClN4OS. The highest BCUT2D eigenvalue weighted by Crippen LogP contribution is 2.12. The Balaban J connectivity index is 1.48. The van der Waals surface area contributed by atoms with Crippen LogP contribution in [0.25, 0.3) is 0 Å². The van der Waals surface area contributed by atoms with Crippen LogP contribution in [0.2, 0.25) is 5.02 Å². The van der Waals surface area contributed by atoms with E-state index in [1.165, 1.54) is 0 Å². The van der Waals surface area contributed by atoms with Crippen molar-refractivity contribution in [3.63, 3.8) is 0 Å². The first-order valence-corrected chi connectivity index (χ1v) is 8.42. The minimum Gasteiger partial charge on any atom is -0.376 e. The number of rotatable bonds is 5. The highest BCUT2D eigenvalue weighted by Gasteiger charge is 2.15. The first-order valence-electron chi connectivity index (χ1n) is 7.63. The lowest BCUT2D eigenvalue weighted by Gasteiger charge is -2.12. The Labute approximate surface area is 146 Å². The minimum absolute atomic E-state index is 0.261. The van der Waals surface area contributed by atoms with Crippen LogP contribution in [0, 0.1) is 0 Å². The summed E-state index contributed by atoms with van der Waals surface area (Å²) in [5.74, 6) is 0.726. The van der Waals surface area contributed by atoms with Gasteiger partial charge in [0.15, 0.2) is 10.9 Å². The van der Waals surface area contributed by atoms with Crippen molar-refractivity contribution in [3.8, 4) is 0 Å². The molecule has 1 aliphatic rings. The highest BCUT2D eigenvalue weighted by molar-refractivity contribution is 7.80. The lowest BCUT2D eigenvalue weighted by Crippen LogP contribution is -2.34. The Hall–Kier alpha value is -1.63. The average Bonchev–Trinajstić information content (AvgIpc) is 3.20. The number of ether oxygens (including phenoxy) is 1. The number of nitrogens with one attached hydrogen (secondary N) is 2. The van der Waals surface area contributed by atoms with Crippen molar-refractivity contribution in [3.05, 3.63) is 47.1 Å². The second-order valence-electron chi connectivity index (χ2n) is 5.50. The van der Waals surface area contributed by atoms with E-state index >= 15 is 0 Å². The fraction of sp³-hybridized carbons (Fsp3) is 0.375. The molecule has 2 aromatic rings. The summed E-state index contributed by atoms with van der Waals surface area (Å²) in [6, 6.07) is 9.64. The minimum atomic E-state index is 0.261. The predicted octanol–water partition coefficient (Wildman–Crippen LogP) is 3.05. The van der Waals surface area contributed by atoms with E-state index in [2.05, 4.69) is 15.7 Å². The quantitative estimate of drug-likeness (QED) is 0.812. The summed E-state index contributed by atoms with van der Waals surface area (Å²) < 4.78 is 7.41. The molecule has 0 bridgehead atoms. The van der Waals surface area contributed by atoms with Crippen LogP contribution in [0.4, 0.5) is 5.82 Å². The highest BCUT2D eigenvalue weighted by atomic mass is 35.5. The van der Waals surface area contributed by atoms with Gasteiger partial charge in [0, 0.05) is 30.4 Å². The molecule has 1 atom stereocenters. The molecule has 3 rings (SSSR count). The van der Waals surface area contributed by atoms with Gasteiger partial charge >= 0.3 is 0 Å². The summed E-state index contributed by atoms with van der Waals surface area (Å²) in [6.07, 6.45) is 4.39. The van der Waals surface area contributed by atoms with Crippen molar-refractivity contribution in [1.29, 1.82) is 0 Å². The molecule has 0 spiro atoms. The Morgan fingerprint density at radius 1 is 1.35 bits per heavy atom. The lowest BCUT2D eigenvalue weighted by atomic mass is 10.2. The van der Waals surface area contributed by atoms with Crippen LogP contribution in [0.5, 0.6) is 0 Å². The fourth-order valence-electron chi connectivity index (χ4n) is 2.47. The molecule has 0 aliphatic carbocycles. The Morgan fingerprint density at radius 2 is 2.17 bits per heavy atom. The zero-order valence-electron chi connectivity index (χ0n) is 12.7. The van der Waals surface area contributed by atoms with Crippen LogP contribution < -0.4 is 10.6 Å². The van der Waals surface area contributed by atoms with E-state index in [0.29, 0.717) is 11.7 Å². The maximum atomic E-state index is 5.89. The first-order chi connectivity index (χ1) is 11.2. The summed E-state index contributed by atoms with van der Waals surface area (Å²) in [5.41, 5.74) is 1.14. The number of benzene rings is 1. The van der Waals surface area contributed by atoms with E-state index < -0.39 is 0 Å². The van der Waals surface area contributed by atoms with Gasteiger partial charge in [0.1, 0.15) is 0 Å². The molecule has 1 saturated heterocycles. The van der Waals surface area contributed by atoms with Gasteiger partial charge in [0.2, 0.25) is 0 Å². The molecule has 2 heterocycles. The van der Waals surface area contributed by atoms with Gasteiger partial charge in [-0.15, -0.1) is 0 Å². The Kier molecular flexibility index (Phi) is 5.48. The van der Waals surface area contributed by atoms with E-state index in [1.54, 1.807) is 0 Å². The maximum Gasteiger partial charge on any atom is 0.172 e. The molecule has 1 aromatic carbocycles. The average molecular weight is 351 g/mol. The van der Waals surface area contributed by atoms with Crippen molar-refractivity contribution in [2.45, 2.75) is 25.5 Å². The number of nitrogens with zero attached hydrogens (tertiary/aromatic N) is 2. The summed E-state index contributed by atoms with van der Waals surface area (Å²) in [7, 11) is 0. The van der Waals surface area contributed by atoms with E-state index in [9.17, 15) is 0 Å². The standard InChI is InChI=1S/C16H19ClN4OS/c17-13-5-3-12(4-6-13)11-21-8-7-15(20-21)19-16(23)18-10-14-2-1-9-22-14/h3-8,14H,1-2,9-11H2,(H2,18,19,20,23)/t14-/m0/s1. The Bertz CT molecular complexity index is 652. The van der Waals surface area contributed by atoms with Crippen molar-refractivity contribution >= 4 is 34.7 Å². The van der Waals surface area contributed by atoms with Crippen LogP contribution in [-0.4, -0.2) is 34.1 Å². The van der Waals surface area contributed by atoms with Crippen molar-refractivity contribution < 1.29 is 4.74 Å². The molecular weight excluding hydrogens is 332 g/mol. The Morgan fingerprint density at radius 3 is 2.91 bits per heavy atom. The number of hydrogen-bond acceptors (Lipinski definition) is 3. The molecule has 122 valence electrons. The maximum absolute atomic E-state index is 5.89. The number of aromatic nitrogens is 2. The van der Waals surface area contributed by atoms with Gasteiger partial charge in [0.25, 0.3) is 0 Å². The van der Waals surface area contributed by atoms with E-state index in [-0.39, 0.29) is 6.10 Å². The van der Waals surface area contributed by atoms with Gasteiger partial charge in [0.05, 0.1) is 12.6 Å². The third-order valence-corrected chi connectivity index (χ3v) is 4.15. The van der Waals surface area contributed by atoms with Crippen molar-refractivity contribution in [2.75, 3.05) is 18.5 Å². The zero-order valence-corrected chi connectivity index (χ0v) is 14.2. The third-order valence-electron chi connectivity index (χ3n) is 3.65. The summed E-state index contributed by atoms with van der Waals surface area (Å²) in [5, 5.41) is 12.0. The SMILES string of the molecule is S=C(NC[C@@H]1CCCO1)Nc1ccn(Cc2ccc(Cl)cc2)n1. The van der Waals surface area contributed by atoms with Gasteiger partial charge in [-0.2, -0.15) is 5.10 Å². The molecule has 0 amide bonds. The van der Waals surface area contributed by atoms with Gasteiger partial charge in [-0.25, -0.2) is 0 Å². The lowest BCUT2D eigenvalue weighted by molar-refractivity contribution is 0.114. The normalized spacial score (nSPS) is 17.2. The second kappa shape index (κ2) is 7.77. The monoisotopic (exact) mass is 350 g/mol. The topological polar surface area (TPSA) is 51.1 Å². The van der Waals surface area contributed by atoms with Gasteiger partial charge < -0.3 is 15.4 Å². The third kappa shape index (κ3) is 4.92. The molecule has 0 radical (unpaired) electrons. The first kappa shape index (κ1) is 16.2. The summed E-state index contributed by atoms with van der Waals surface area (Å²) >= 11 is 11.2. The number of hydrogen-bond donors (Lipinski definition) is 2.